The van der Waals surface area contributed by atoms with E-state index < -0.39 is 0 Å². The maximum atomic E-state index is 11.5. The predicted molar refractivity (Wildman–Crippen MR) is 62.1 cm³/mol. The summed E-state index contributed by atoms with van der Waals surface area (Å²) in [7, 11) is 4.05. The average molecular weight is 222 g/mol. The van der Waals surface area contributed by atoms with Crippen LogP contribution in [0, 0.1) is 5.92 Å². The fraction of sp³-hybridized carbons (Fsp3) is 0.636. The molecule has 0 unspecified atom stereocenters. The summed E-state index contributed by atoms with van der Waals surface area (Å²) in [5, 5.41) is 7.07. The van der Waals surface area contributed by atoms with Gasteiger partial charge in [-0.05, 0) is 26.9 Å². The topological polar surface area (TPSA) is 50.2 Å². The van der Waals surface area contributed by atoms with Gasteiger partial charge >= 0.3 is 0 Å². The number of hydrogen-bond donors (Lipinski definition) is 1. The Balaban J connectivity index is 1.83. The molecule has 2 rings (SSSR count). The van der Waals surface area contributed by atoms with Crippen molar-refractivity contribution in [2.75, 3.05) is 26.0 Å². The molecule has 1 amide bonds. The van der Waals surface area contributed by atoms with Gasteiger partial charge in [-0.1, -0.05) is 0 Å². The van der Waals surface area contributed by atoms with E-state index >= 15 is 0 Å². The first kappa shape index (κ1) is 11.1. The number of nitrogens with zero attached hydrogens (tertiary/aromatic N) is 3. The van der Waals surface area contributed by atoms with Crippen LogP contribution in [0.2, 0.25) is 0 Å². The average Bonchev–Trinajstić information content (AvgIpc) is 2.98. The second kappa shape index (κ2) is 4.65. The molecule has 1 aromatic heterocycles. The van der Waals surface area contributed by atoms with Crippen LogP contribution in [0.25, 0.3) is 0 Å². The van der Waals surface area contributed by atoms with E-state index in [0.717, 1.165) is 31.6 Å². The lowest BCUT2D eigenvalue weighted by molar-refractivity contribution is -0.117. The maximum Gasteiger partial charge on any atom is 0.227 e. The number of anilines is 1. The molecule has 1 fully saturated rings. The van der Waals surface area contributed by atoms with Crippen molar-refractivity contribution in [2.45, 2.75) is 19.4 Å². The fourth-order valence-electron chi connectivity index (χ4n) is 1.44. The van der Waals surface area contributed by atoms with E-state index in [1.807, 2.05) is 25.0 Å². The summed E-state index contributed by atoms with van der Waals surface area (Å²) in [5.74, 6) is 0.372. The zero-order valence-corrected chi connectivity index (χ0v) is 9.81. The monoisotopic (exact) mass is 222 g/mol. The van der Waals surface area contributed by atoms with Gasteiger partial charge in [0.1, 0.15) is 0 Å². The smallest absolute Gasteiger partial charge is 0.227 e. The Hall–Kier alpha value is -1.36. The SMILES string of the molecule is CN(C)CCn1cc(NC(=O)C2CC2)cn1. The van der Waals surface area contributed by atoms with Gasteiger partial charge in [0.15, 0.2) is 0 Å². The molecule has 5 heteroatoms. The molecule has 0 spiro atoms. The third-order valence-electron chi connectivity index (χ3n) is 2.63. The number of amides is 1. The molecule has 1 N–H and O–H groups in total. The van der Waals surface area contributed by atoms with Crippen molar-refractivity contribution in [3.63, 3.8) is 0 Å². The second-order valence-electron chi connectivity index (χ2n) is 4.56. The number of likely N-dealkylation sites (N-methyl/N-ethyl adjacent to an activating group) is 1. The zero-order valence-electron chi connectivity index (χ0n) is 9.81. The molecular weight excluding hydrogens is 204 g/mol. The highest BCUT2D eigenvalue weighted by atomic mass is 16.2. The fourth-order valence-corrected chi connectivity index (χ4v) is 1.44. The van der Waals surface area contributed by atoms with Crippen molar-refractivity contribution in [3.05, 3.63) is 12.4 Å². The molecule has 5 nitrogen and oxygen atoms in total. The highest BCUT2D eigenvalue weighted by molar-refractivity contribution is 5.93. The molecule has 1 saturated carbocycles. The number of nitrogens with one attached hydrogen (secondary N) is 1. The van der Waals surface area contributed by atoms with E-state index in [1.165, 1.54) is 0 Å². The van der Waals surface area contributed by atoms with Gasteiger partial charge in [0.2, 0.25) is 5.91 Å². The lowest BCUT2D eigenvalue weighted by Gasteiger charge is -2.08. The van der Waals surface area contributed by atoms with Crippen molar-refractivity contribution >= 4 is 11.6 Å². The number of aromatic nitrogens is 2. The first-order chi connectivity index (χ1) is 7.65. The molecule has 0 radical (unpaired) electrons. The number of rotatable bonds is 5. The van der Waals surface area contributed by atoms with E-state index in [9.17, 15) is 4.79 Å². The molecule has 1 aromatic rings. The van der Waals surface area contributed by atoms with Crippen LogP contribution < -0.4 is 5.32 Å². The molecular formula is C11H18N4O. The third kappa shape index (κ3) is 3.06. The van der Waals surface area contributed by atoms with Gasteiger partial charge in [-0.25, -0.2) is 0 Å². The van der Waals surface area contributed by atoms with Crippen molar-refractivity contribution < 1.29 is 4.79 Å². The molecule has 1 aliphatic carbocycles. The van der Waals surface area contributed by atoms with Gasteiger partial charge in [-0.15, -0.1) is 0 Å². The second-order valence-corrected chi connectivity index (χ2v) is 4.56. The van der Waals surface area contributed by atoms with Gasteiger partial charge in [-0.3, -0.25) is 9.48 Å². The molecule has 1 aliphatic rings. The van der Waals surface area contributed by atoms with Crippen molar-refractivity contribution in [3.8, 4) is 0 Å². The Morgan fingerprint density at radius 2 is 2.38 bits per heavy atom. The summed E-state index contributed by atoms with van der Waals surface area (Å²) in [6, 6.07) is 0. The van der Waals surface area contributed by atoms with Crippen LogP contribution in [0.1, 0.15) is 12.8 Å². The third-order valence-corrected chi connectivity index (χ3v) is 2.63. The molecule has 0 atom stereocenters. The number of carbonyl (C=O) groups excluding carboxylic acids is 1. The van der Waals surface area contributed by atoms with Crippen LogP contribution in [0.3, 0.4) is 0 Å². The maximum absolute atomic E-state index is 11.5. The minimum absolute atomic E-state index is 0.132. The Kier molecular flexibility index (Phi) is 3.24. The largest absolute Gasteiger partial charge is 0.323 e. The van der Waals surface area contributed by atoms with Crippen LogP contribution in [-0.2, 0) is 11.3 Å². The minimum atomic E-state index is 0.132. The molecule has 1 heterocycles. The van der Waals surface area contributed by atoms with Crippen LogP contribution in [-0.4, -0.2) is 41.2 Å². The molecule has 88 valence electrons. The summed E-state index contributed by atoms with van der Waals surface area (Å²) < 4.78 is 1.85. The molecule has 16 heavy (non-hydrogen) atoms. The van der Waals surface area contributed by atoms with Crippen molar-refractivity contribution in [1.82, 2.24) is 14.7 Å². The van der Waals surface area contributed by atoms with Gasteiger partial charge in [-0.2, -0.15) is 5.10 Å². The molecule has 0 aliphatic heterocycles. The molecule has 0 saturated heterocycles. The zero-order chi connectivity index (χ0) is 11.5. The minimum Gasteiger partial charge on any atom is -0.323 e. The van der Waals surface area contributed by atoms with Gasteiger partial charge in [0.25, 0.3) is 0 Å². The lowest BCUT2D eigenvalue weighted by Crippen LogP contribution is -2.18. The Morgan fingerprint density at radius 3 is 3.00 bits per heavy atom. The normalized spacial score (nSPS) is 15.4. The van der Waals surface area contributed by atoms with Crippen LogP contribution in [0.15, 0.2) is 12.4 Å². The van der Waals surface area contributed by atoms with E-state index in [0.29, 0.717) is 0 Å². The first-order valence-electron chi connectivity index (χ1n) is 5.63. The number of carbonyl (C=O) groups is 1. The summed E-state index contributed by atoms with van der Waals surface area (Å²) in [6.45, 7) is 1.78. The Morgan fingerprint density at radius 1 is 1.62 bits per heavy atom. The quantitative estimate of drug-likeness (QED) is 0.801. The van der Waals surface area contributed by atoms with Crippen LogP contribution >= 0.6 is 0 Å². The predicted octanol–water partition coefficient (Wildman–Crippen LogP) is 0.793. The van der Waals surface area contributed by atoms with E-state index in [2.05, 4.69) is 15.3 Å². The van der Waals surface area contributed by atoms with Gasteiger partial charge in [0.05, 0.1) is 18.4 Å². The first-order valence-corrected chi connectivity index (χ1v) is 5.63. The lowest BCUT2D eigenvalue weighted by atomic mass is 10.4. The highest BCUT2D eigenvalue weighted by Gasteiger charge is 2.29. The van der Waals surface area contributed by atoms with E-state index in [4.69, 9.17) is 0 Å². The van der Waals surface area contributed by atoms with Crippen molar-refractivity contribution in [2.24, 2.45) is 5.92 Å². The van der Waals surface area contributed by atoms with E-state index in [-0.39, 0.29) is 11.8 Å². The van der Waals surface area contributed by atoms with Crippen molar-refractivity contribution in [1.29, 1.82) is 0 Å². The molecule has 0 bridgehead atoms. The van der Waals surface area contributed by atoms with Crippen LogP contribution in [0.5, 0.6) is 0 Å². The molecule has 0 aromatic carbocycles. The Labute approximate surface area is 95.4 Å². The summed E-state index contributed by atoms with van der Waals surface area (Å²) in [6.07, 6.45) is 5.64. The number of hydrogen-bond acceptors (Lipinski definition) is 3. The van der Waals surface area contributed by atoms with Crippen LogP contribution in [0.4, 0.5) is 5.69 Å². The summed E-state index contributed by atoms with van der Waals surface area (Å²) in [4.78, 5) is 13.6. The highest BCUT2D eigenvalue weighted by Crippen LogP contribution is 2.30. The Bertz CT molecular complexity index is 368. The standard InChI is InChI=1S/C11H18N4O/c1-14(2)5-6-15-8-10(7-12-15)13-11(16)9-3-4-9/h7-9H,3-6H2,1-2H3,(H,13,16). The van der Waals surface area contributed by atoms with Gasteiger partial charge < -0.3 is 10.2 Å². The van der Waals surface area contributed by atoms with E-state index in [1.54, 1.807) is 6.20 Å². The van der Waals surface area contributed by atoms with Gasteiger partial charge in [0, 0.05) is 18.7 Å². The summed E-state index contributed by atoms with van der Waals surface area (Å²) in [5.41, 5.74) is 0.802. The summed E-state index contributed by atoms with van der Waals surface area (Å²) >= 11 is 0.